The number of aryl methyl sites for hydroxylation is 1. The number of urea groups is 1. The summed E-state index contributed by atoms with van der Waals surface area (Å²) in [6.07, 6.45) is 0.401. The number of hydrogen-bond acceptors (Lipinski definition) is 4. The molecule has 21 heavy (non-hydrogen) atoms. The van der Waals surface area contributed by atoms with Crippen LogP contribution in [0.2, 0.25) is 0 Å². The van der Waals surface area contributed by atoms with Crippen molar-refractivity contribution in [2.24, 2.45) is 0 Å². The van der Waals surface area contributed by atoms with Crippen molar-refractivity contribution in [3.63, 3.8) is 0 Å². The number of carbonyl (C=O) groups excluding carboxylic acids is 3. The molecule has 1 aliphatic heterocycles. The highest BCUT2D eigenvalue weighted by Gasteiger charge is 2.51. The number of carbonyl (C=O) groups is 3. The predicted octanol–water partition coefficient (Wildman–Crippen LogP) is 1.33. The first-order valence-electron chi connectivity index (χ1n) is 6.72. The first kappa shape index (κ1) is 15.0. The van der Waals surface area contributed by atoms with Gasteiger partial charge in [0.15, 0.2) is 0 Å². The van der Waals surface area contributed by atoms with E-state index in [1.54, 1.807) is 0 Å². The topological polar surface area (TPSA) is 75.7 Å². The van der Waals surface area contributed by atoms with Gasteiger partial charge < -0.3 is 10.1 Å². The van der Waals surface area contributed by atoms with Crippen molar-refractivity contribution >= 4 is 17.9 Å². The van der Waals surface area contributed by atoms with E-state index in [-0.39, 0.29) is 6.54 Å². The van der Waals surface area contributed by atoms with Crippen molar-refractivity contribution < 1.29 is 19.1 Å². The van der Waals surface area contributed by atoms with Crippen LogP contribution in [0.4, 0.5) is 4.79 Å². The first-order valence-corrected chi connectivity index (χ1v) is 6.72. The summed E-state index contributed by atoms with van der Waals surface area (Å²) in [5.74, 6) is -1.06. The van der Waals surface area contributed by atoms with Crippen molar-refractivity contribution in [1.29, 1.82) is 0 Å². The van der Waals surface area contributed by atoms with Crippen LogP contribution in [0.25, 0.3) is 0 Å². The minimum absolute atomic E-state index is 0.380. The van der Waals surface area contributed by atoms with Crippen LogP contribution in [-0.2, 0) is 19.9 Å². The summed E-state index contributed by atoms with van der Waals surface area (Å²) in [7, 11) is 1.22. The summed E-state index contributed by atoms with van der Waals surface area (Å²) in [4.78, 5) is 36.9. The molecule has 1 heterocycles. The van der Waals surface area contributed by atoms with Crippen molar-refractivity contribution in [3.8, 4) is 0 Å². The third kappa shape index (κ3) is 2.49. The smallest absolute Gasteiger partial charge is 0.325 e. The van der Waals surface area contributed by atoms with Gasteiger partial charge in [0, 0.05) is 0 Å². The second-order valence-corrected chi connectivity index (χ2v) is 5.02. The SMILES string of the molecule is CC[C@@]1(c2ccc(C)cc2)NC(=O)N(CC(=O)OC)C1=O. The Balaban J connectivity index is 2.37. The van der Waals surface area contributed by atoms with Gasteiger partial charge in [-0.25, -0.2) is 4.79 Å². The van der Waals surface area contributed by atoms with Crippen LogP contribution in [0.15, 0.2) is 24.3 Å². The number of benzene rings is 1. The molecule has 2 rings (SSSR count). The lowest BCUT2D eigenvalue weighted by Crippen LogP contribution is -2.43. The molecule has 112 valence electrons. The molecule has 1 aromatic carbocycles. The maximum Gasteiger partial charge on any atom is 0.325 e. The minimum Gasteiger partial charge on any atom is -0.468 e. The van der Waals surface area contributed by atoms with E-state index < -0.39 is 23.4 Å². The second kappa shape index (κ2) is 5.55. The van der Waals surface area contributed by atoms with Crippen LogP contribution in [0.1, 0.15) is 24.5 Å². The molecule has 0 saturated carbocycles. The Hall–Kier alpha value is -2.37. The second-order valence-electron chi connectivity index (χ2n) is 5.02. The lowest BCUT2D eigenvalue weighted by atomic mass is 9.87. The highest BCUT2D eigenvalue weighted by atomic mass is 16.5. The fraction of sp³-hybridized carbons (Fsp3) is 0.400. The van der Waals surface area contributed by atoms with E-state index in [0.29, 0.717) is 12.0 Å². The average Bonchev–Trinajstić information content (AvgIpc) is 2.73. The zero-order valence-corrected chi connectivity index (χ0v) is 12.3. The number of ether oxygens (including phenoxy) is 1. The van der Waals surface area contributed by atoms with Gasteiger partial charge in [-0.05, 0) is 18.9 Å². The number of nitrogens with zero attached hydrogens (tertiary/aromatic N) is 1. The molecule has 3 amide bonds. The van der Waals surface area contributed by atoms with Crippen molar-refractivity contribution in [2.75, 3.05) is 13.7 Å². The van der Waals surface area contributed by atoms with Gasteiger partial charge in [0.1, 0.15) is 12.1 Å². The molecular weight excluding hydrogens is 272 g/mol. The highest BCUT2D eigenvalue weighted by Crippen LogP contribution is 2.32. The summed E-state index contributed by atoms with van der Waals surface area (Å²) in [6.45, 7) is 3.38. The summed E-state index contributed by atoms with van der Waals surface area (Å²) >= 11 is 0. The Morgan fingerprint density at radius 3 is 2.43 bits per heavy atom. The summed E-state index contributed by atoms with van der Waals surface area (Å²) < 4.78 is 4.52. The van der Waals surface area contributed by atoms with Gasteiger partial charge in [0.05, 0.1) is 7.11 Å². The third-order valence-electron chi connectivity index (χ3n) is 3.77. The van der Waals surface area contributed by atoms with Crippen LogP contribution in [-0.4, -0.2) is 36.5 Å². The zero-order chi connectivity index (χ0) is 15.6. The quantitative estimate of drug-likeness (QED) is 0.670. The van der Waals surface area contributed by atoms with Crippen LogP contribution in [0.3, 0.4) is 0 Å². The molecular formula is C15H18N2O4. The highest BCUT2D eigenvalue weighted by molar-refractivity contribution is 6.09. The third-order valence-corrected chi connectivity index (χ3v) is 3.77. The number of rotatable bonds is 4. The molecule has 6 heteroatoms. The maximum absolute atomic E-state index is 12.6. The monoisotopic (exact) mass is 290 g/mol. The fourth-order valence-corrected chi connectivity index (χ4v) is 2.44. The summed E-state index contributed by atoms with van der Waals surface area (Å²) in [5, 5.41) is 2.71. The summed E-state index contributed by atoms with van der Waals surface area (Å²) in [6, 6.07) is 6.83. The van der Waals surface area contributed by atoms with Gasteiger partial charge in [-0.2, -0.15) is 0 Å². The molecule has 0 radical (unpaired) electrons. The molecule has 0 spiro atoms. The first-order chi connectivity index (χ1) is 9.94. The Morgan fingerprint density at radius 2 is 1.90 bits per heavy atom. The van der Waals surface area contributed by atoms with Crippen LogP contribution in [0.5, 0.6) is 0 Å². The molecule has 1 saturated heterocycles. The Morgan fingerprint density at radius 1 is 1.29 bits per heavy atom. The summed E-state index contributed by atoms with van der Waals surface area (Å²) in [5.41, 5.74) is 0.660. The van der Waals surface area contributed by atoms with Crippen molar-refractivity contribution in [1.82, 2.24) is 10.2 Å². The molecule has 1 N–H and O–H groups in total. The molecule has 0 bridgehead atoms. The number of imide groups is 1. The van der Waals surface area contributed by atoms with Crippen LogP contribution >= 0.6 is 0 Å². The van der Waals surface area contributed by atoms with Gasteiger partial charge in [-0.3, -0.25) is 14.5 Å². The van der Waals surface area contributed by atoms with E-state index in [4.69, 9.17) is 0 Å². The van der Waals surface area contributed by atoms with Gasteiger partial charge in [0.2, 0.25) is 0 Å². The zero-order valence-electron chi connectivity index (χ0n) is 12.3. The predicted molar refractivity (Wildman–Crippen MR) is 75.4 cm³/mol. The molecule has 1 atom stereocenters. The van der Waals surface area contributed by atoms with Gasteiger partial charge >= 0.3 is 12.0 Å². The molecule has 0 aliphatic carbocycles. The van der Waals surface area contributed by atoms with Gasteiger partial charge in [-0.15, -0.1) is 0 Å². The normalized spacial score (nSPS) is 21.4. The Labute approximate surface area is 123 Å². The Bertz CT molecular complexity index is 582. The van der Waals surface area contributed by atoms with Gasteiger partial charge in [0.25, 0.3) is 5.91 Å². The lowest BCUT2D eigenvalue weighted by molar-refractivity contribution is -0.145. The Kier molecular flexibility index (Phi) is 3.97. The largest absolute Gasteiger partial charge is 0.468 e. The maximum atomic E-state index is 12.6. The molecule has 0 unspecified atom stereocenters. The fourth-order valence-electron chi connectivity index (χ4n) is 2.44. The number of amides is 3. The van der Waals surface area contributed by atoms with Crippen LogP contribution < -0.4 is 5.32 Å². The van der Waals surface area contributed by atoms with E-state index in [1.807, 2.05) is 38.1 Å². The van der Waals surface area contributed by atoms with E-state index in [2.05, 4.69) is 10.1 Å². The van der Waals surface area contributed by atoms with E-state index in [9.17, 15) is 14.4 Å². The molecule has 1 fully saturated rings. The van der Waals surface area contributed by atoms with E-state index >= 15 is 0 Å². The molecule has 1 aromatic rings. The van der Waals surface area contributed by atoms with E-state index in [0.717, 1.165) is 10.5 Å². The van der Waals surface area contributed by atoms with Crippen LogP contribution in [0, 0.1) is 6.92 Å². The average molecular weight is 290 g/mol. The van der Waals surface area contributed by atoms with Gasteiger partial charge in [-0.1, -0.05) is 36.8 Å². The number of nitrogens with one attached hydrogen (secondary N) is 1. The number of hydrogen-bond donors (Lipinski definition) is 1. The standard InChI is InChI=1S/C15H18N2O4/c1-4-15(11-7-5-10(2)6-8-11)13(19)17(14(20)16-15)9-12(18)21-3/h5-8H,4,9H2,1-3H3,(H,16,20)/t15-/m0/s1. The van der Waals surface area contributed by atoms with Crippen molar-refractivity contribution in [3.05, 3.63) is 35.4 Å². The molecule has 6 nitrogen and oxygen atoms in total. The lowest BCUT2D eigenvalue weighted by Gasteiger charge is -2.25. The van der Waals surface area contributed by atoms with Crippen molar-refractivity contribution in [2.45, 2.75) is 25.8 Å². The molecule has 0 aromatic heterocycles. The number of methoxy groups -OCH3 is 1. The minimum atomic E-state index is -1.11. The number of esters is 1. The molecule has 1 aliphatic rings. The van der Waals surface area contributed by atoms with E-state index in [1.165, 1.54) is 7.11 Å².